The molecule has 2 atom stereocenters. The normalized spacial score (nSPS) is 16.9. The highest BCUT2D eigenvalue weighted by Gasteiger charge is 2.42. The molecule has 8 heteroatoms. The first kappa shape index (κ1) is 25.8. The summed E-state index contributed by atoms with van der Waals surface area (Å²) in [5.74, 6) is 2.28. The van der Waals surface area contributed by atoms with E-state index in [9.17, 15) is 0 Å². The number of nitrogens with one attached hydrogen (secondary N) is 1. The van der Waals surface area contributed by atoms with E-state index in [0.717, 1.165) is 35.2 Å². The SMILES string of the molecule is COCCn1c(C)cc([C@@H]2[C@@H](c3ccccn3)NC(=S)N2c2ccc(Oc3ccc(OC)cc3)cc2)c1C. The van der Waals surface area contributed by atoms with Crippen LogP contribution >= 0.6 is 12.2 Å². The summed E-state index contributed by atoms with van der Waals surface area (Å²) < 4.78 is 19.0. The van der Waals surface area contributed by atoms with Crippen molar-refractivity contribution in [2.45, 2.75) is 32.5 Å². The van der Waals surface area contributed by atoms with Crippen molar-refractivity contribution in [3.63, 3.8) is 0 Å². The molecule has 1 saturated heterocycles. The van der Waals surface area contributed by atoms with Crippen molar-refractivity contribution in [3.8, 4) is 17.2 Å². The van der Waals surface area contributed by atoms with Gasteiger partial charge in [0.05, 0.1) is 31.5 Å². The van der Waals surface area contributed by atoms with Crippen LogP contribution in [0.5, 0.6) is 17.2 Å². The molecule has 0 amide bonds. The molecule has 38 heavy (non-hydrogen) atoms. The van der Waals surface area contributed by atoms with Crippen LogP contribution in [-0.2, 0) is 11.3 Å². The maximum Gasteiger partial charge on any atom is 0.174 e. The molecule has 1 fully saturated rings. The summed E-state index contributed by atoms with van der Waals surface area (Å²) in [6, 6.07) is 23.6. The van der Waals surface area contributed by atoms with Gasteiger partial charge in [-0.15, -0.1) is 0 Å². The number of aryl methyl sites for hydroxylation is 1. The molecule has 5 rings (SSSR count). The number of benzene rings is 2. The van der Waals surface area contributed by atoms with Gasteiger partial charge in [-0.1, -0.05) is 6.07 Å². The Labute approximate surface area is 229 Å². The minimum atomic E-state index is -0.102. The number of methoxy groups -OCH3 is 2. The van der Waals surface area contributed by atoms with Gasteiger partial charge < -0.3 is 29.0 Å². The average Bonchev–Trinajstić information content (AvgIpc) is 3.43. The van der Waals surface area contributed by atoms with Crippen LogP contribution in [0.15, 0.2) is 79.0 Å². The quantitative estimate of drug-likeness (QED) is 0.263. The molecule has 1 aliphatic heterocycles. The lowest BCUT2D eigenvalue weighted by Crippen LogP contribution is -2.29. The monoisotopic (exact) mass is 528 g/mol. The Kier molecular flexibility index (Phi) is 7.62. The van der Waals surface area contributed by atoms with Crippen molar-refractivity contribution in [2.24, 2.45) is 0 Å². The van der Waals surface area contributed by atoms with Crippen molar-refractivity contribution in [3.05, 3.63) is 102 Å². The summed E-state index contributed by atoms with van der Waals surface area (Å²) in [6.07, 6.45) is 1.83. The lowest BCUT2D eigenvalue weighted by Gasteiger charge is -2.28. The zero-order valence-electron chi connectivity index (χ0n) is 22.0. The molecule has 0 spiro atoms. The Hall–Kier alpha value is -3.88. The number of aromatic nitrogens is 2. The number of hydrogen-bond donors (Lipinski definition) is 1. The summed E-state index contributed by atoms with van der Waals surface area (Å²) in [6.45, 7) is 5.75. The second kappa shape index (κ2) is 11.2. The maximum atomic E-state index is 6.05. The van der Waals surface area contributed by atoms with Gasteiger partial charge in [-0.25, -0.2) is 0 Å². The Balaban J connectivity index is 1.49. The highest BCUT2D eigenvalue weighted by molar-refractivity contribution is 7.80. The summed E-state index contributed by atoms with van der Waals surface area (Å²) in [5, 5.41) is 4.21. The predicted octanol–water partition coefficient (Wildman–Crippen LogP) is 6.12. The van der Waals surface area contributed by atoms with Gasteiger partial charge in [-0.05, 0) is 98.4 Å². The molecule has 2 aromatic heterocycles. The summed E-state index contributed by atoms with van der Waals surface area (Å²) in [5.41, 5.74) is 5.52. The van der Waals surface area contributed by atoms with E-state index in [0.29, 0.717) is 11.7 Å². The van der Waals surface area contributed by atoms with Crippen molar-refractivity contribution >= 4 is 23.0 Å². The van der Waals surface area contributed by atoms with Gasteiger partial charge in [0, 0.05) is 36.9 Å². The van der Waals surface area contributed by atoms with Gasteiger partial charge >= 0.3 is 0 Å². The lowest BCUT2D eigenvalue weighted by atomic mass is 9.96. The molecule has 4 aromatic rings. The number of anilines is 1. The van der Waals surface area contributed by atoms with Crippen molar-refractivity contribution in [1.29, 1.82) is 0 Å². The van der Waals surface area contributed by atoms with Gasteiger partial charge in [-0.3, -0.25) is 4.98 Å². The van der Waals surface area contributed by atoms with Crippen LogP contribution in [0.4, 0.5) is 5.69 Å². The van der Waals surface area contributed by atoms with E-state index in [-0.39, 0.29) is 12.1 Å². The summed E-state index contributed by atoms with van der Waals surface area (Å²) >= 11 is 5.91. The molecule has 0 saturated carbocycles. The number of nitrogens with zero attached hydrogens (tertiary/aromatic N) is 3. The maximum absolute atomic E-state index is 6.05. The molecule has 0 aliphatic carbocycles. The Morgan fingerprint density at radius 3 is 2.24 bits per heavy atom. The standard InChI is InChI=1S/C30H32N4O3S/c1-20-19-26(21(2)33(20)17-18-35-3)29-28(27-7-5-6-16-31-27)32-30(38)34(29)22-8-10-24(11-9-22)37-25-14-12-23(36-4)13-15-25/h5-16,19,28-29H,17-18H2,1-4H3,(H,32,38)/t28-,29-/m1/s1. The van der Waals surface area contributed by atoms with Crippen LogP contribution in [-0.4, -0.2) is 35.5 Å². The number of pyridine rings is 1. The third-order valence-electron chi connectivity index (χ3n) is 6.96. The first-order valence-corrected chi connectivity index (χ1v) is 13.0. The summed E-state index contributed by atoms with van der Waals surface area (Å²) in [4.78, 5) is 6.87. The van der Waals surface area contributed by atoms with Crippen LogP contribution in [0.1, 0.15) is 34.7 Å². The molecular formula is C30H32N4O3S. The van der Waals surface area contributed by atoms with Gasteiger partial charge in [0.2, 0.25) is 0 Å². The molecular weight excluding hydrogens is 496 g/mol. The predicted molar refractivity (Wildman–Crippen MR) is 153 cm³/mol. The molecule has 196 valence electrons. The molecule has 0 unspecified atom stereocenters. The van der Waals surface area contributed by atoms with Crippen LogP contribution in [0, 0.1) is 13.8 Å². The highest BCUT2D eigenvalue weighted by atomic mass is 32.1. The van der Waals surface area contributed by atoms with E-state index in [1.165, 1.54) is 17.0 Å². The number of rotatable bonds is 9. The molecule has 3 heterocycles. The van der Waals surface area contributed by atoms with E-state index in [1.54, 1.807) is 14.2 Å². The number of thiocarbonyl (C=S) groups is 1. The van der Waals surface area contributed by atoms with Gasteiger partial charge in [0.25, 0.3) is 0 Å². The fourth-order valence-electron chi connectivity index (χ4n) is 5.06. The zero-order chi connectivity index (χ0) is 26.6. The summed E-state index contributed by atoms with van der Waals surface area (Å²) in [7, 11) is 3.38. The van der Waals surface area contributed by atoms with E-state index in [4.69, 9.17) is 26.4 Å². The van der Waals surface area contributed by atoms with Crippen LogP contribution in [0.3, 0.4) is 0 Å². The lowest BCUT2D eigenvalue weighted by molar-refractivity contribution is 0.186. The van der Waals surface area contributed by atoms with Crippen LogP contribution in [0.2, 0.25) is 0 Å². The molecule has 0 bridgehead atoms. The van der Waals surface area contributed by atoms with Crippen molar-refractivity contribution < 1.29 is 14.2 Å². The number of hydrogen-bond acceptors (Lipinski definition) is 5. The average molecular weight is 529 g/mol. The molecule has 0 radical (unpaired) electrons. The topological polar surface area (TPSA) is 60.8 Å². The fraction of sp³-hybridized carbons (Fsp3) is 0.267. The Morgan fingerprint density at radius 2 is 1.61 bits per heavy atom. The van der Waals surface area contributed by atoms with Crippen LogP contribution < -0.4 is 19.7 Å². The van der Waals surface area contributed by atoms with Gasteiger partial charge in [0.15, 0.2) is 5.11 Å². The molecule has 7 nitrogen and oxygen atoms in total. The van der Waals surface area contributed by atoms with Gasteiger partial charge in [0.1, 0.15) is 17.2 Å². The highest BCUT2D eigenvalue weighted by Crippen LogP contribution is 2.43. The Morgan fingerprint density at radius 1 is 0.921 bits per heavy atom. The largest absolute Gasteiger partial charge is 0.497 e. The first-order chi connectivity index (χ1) is 18.5. The third kappa shape index (κ3) is 5.10. The minimum Gasteiger partial charge on any atom is -0.497 e. The van der Waals surface area contributed by atoms with E-state index >= 15 is 0 Å². The third-order valence-corrected chi connectivity index (χ3v) is 7.27. The van der Waals surface area contributed by atoms with E-state index in [1.807, 2.05) is 72.9 Å². The second-order valence-electron chi connectivity index (χ2n) is 9.24. The smallest absolute Gasteiger partial charge is 0.174 e. The Bertz CT molecular complexity index is 1390. The van der Waals surface area contributed by atoms with Crippen molar-refractivity contribution in [2.75, 3.05) is 25.7 Å². The van der Waals surface area contributed by atoms with E-state index < -0.39 is 0 Å². The van der Waals surface area contributed by atoms with E-state index in [2.05, 4.69) is 39.7 Å². The van der Waals surface area contributed by atoms with Crippen molar-refractivity contribution in [1.82, 2.24) is 14.9 Å². The second-order valence-corrected chi connectivity index (χ2v) is 9.63. The minimum absolute atomic E-state index is 0.0757. The molecule has 2 aromatic carbocycles. The van der Waals surface area contributed by atoms with Crippen LogP contribution in [0.25, 0.3) is 0 Å². The first-order valence-electron chi connectivity index (χ1n) is 12.6. The molecule has 1 aliphatic rings. The fourth-order valence-corrected chi connectivity index (χ4v) is 5.40. The number of ether oxygens (including phenoxy) is 3. The van der Waals surface area contributed by atoms with Gasteiger partial charge in [-0.2, -0.15) is 0 Å². The zero-order valence-corrected chi connectivity index (χ0v) is 22.9. The molecule has 1 N–H and O–H groups in total.